The zero-order valence-corrected chi connectivity index (χ0v) is 10.0. The van der Waals surface area contributed by atoms with E-state index in [1.54, 1.807) is 23.9 Å². The van der Waals surface area contributed by atoms with Gasteiger partial charge in [0.1, 0.15) is 5.38 Å². The van der Waals surface area contributed by atoms with E-state index in [1.807, 2.05) is 12.3 Å². The Balaban J connectivity index is 3.20. The zero-order chi connectivity index (χ0) is 11.4. The molecular weight excluding hydrogens is 230 g/mol. The van der Waals surface area contributed by atoms with E-state index in [9.17, 15) is 4.79 Å². The summed E-state index contributed by atoms with van der Waals surface area (Å²) in [4.78, 5) is 12.1. The molecule has 1 rings (SSSR count). The number of halogens is 1. The summed E-state index contributed by atoms with van der Waals surface area (Å²) < 4.78 is 0. The second-order valence-corrected chi connectivity index (χ2v) is 4.35. The Morgan fingerprint density at radius 1 is 1.60 bits per heavy atom. The van der Waals surface area contributed by atoms with Gasteiger partial charge in [-0.3, -0.25) is 4.79 Å². The summed E-state index contributed by atoms with van der Waals surface area (Å²) in [6.07, 6.45) is 1.93. The Morgan fingerprint density at radius 3 is 2.73 bits per heavy atom. The molecule has 0 amide bonds. The first-order chi connectivity index (χ1) is 7.10. The molecule has 0 bridgehead atoms. The van der Waals surface area contributed by atoms with Gasteiger partial charge in [0, 0.05) is 4.90 Å². The molecule has 0 saturated carbocycles. The van der Waals surface area contributed by atoms with Gasteiger partial charge >= 0.3 is 0 Å². The Labute approximate surface area is 98.2 Å². The maximum absolute atomic E-state index is 11.1. The Bertz CT molecular complexity index is 425. The van der Waals surface area contributed by atoms with Gasteiger partial charge in [-0.25, -0.2) is 0 Å². The maximum atomic E-state index is 11.1. The van der Waals surface area contributed by atoms with Crippen molar-refractivity contribution >= 4 is 29.1 Å². The minimum absolute atomic E-state index is 0.148. The number of nitrogens with zero attached hydrogens (tertiary/aromatic N) is 1. The van der Waals surface area contributed by atoms with Gasteiger partial charge in [-0.05, 0) is 30.9 Å². The van der Waals surface area contributed by atoms with E-state index < -0.39 is 5.38 Å². The van der Waals surface area contributed by atoms with E-state index in [1.165, 1.54) is 6.92 Å². The number of hydrogen-bond donors (Lipinski definition) is 0. The van der Waals surface area contributed by atoms with E-state index in [4.69, 9.17) is 16.9 Å². The minimum atomic E-state index is -0.726. The van der Waals surface area contributed by atoms with Crippen LogP contribution in [0.25, 0.3) is 0 Å². The average molecular weight is 240 g/mol. The summed E-state index contributed by atoms with van der Waals surface area (Å²) in [5.41, 5.74) is 1.06. The monoisotopic (exact) mass is 239 g/mol. The normalized spacial score (nSPS) is 11.9. The van der Waals surface area contributed by atoms with Crippen LogP contribution in [0.1, 0.15) is 23.4 Å². The fourth-order valence-corrected chi connectivity index (χ4v) is 1.83. The van der Waals surface area contributed by atoms with Crippen LogP contribution in [0.5, 0.6) is 0 Å². The smallest absolute Gasteiger partial charge is 0.152 e. The van der Waals surface area contributed by atoms with Crippen LogP contribution >= 0.6 is 23.4 Å². The Morgan fingerprint density at radius 2 is 2.27 bits per heavy atom. The molecule has 0 aliphatic rings. The highest BCUT2D eigenvalue weighted by Crippen LogP contribution is 2.27. The molecule has 0 aromatic heterocycles. The molecule has 1 atom stereocenters. The lowest BCUT2D eigenvalue weighted by Gasteiger charge is -2.08. The van der Waals surface area contributed by atoms with E-state index in [2.05, 4.69) is 6.07 Å². The van der Waals surface area contributed by atoms with Crippen LogP contribution in [0.4, 0.5) is 0 Å². The lowest BCUT2D eigenvalue weighted by atomic mass is 10.0. The molecule has 0 aliphatic carbocycles. The molecule has 0 radical (unpaired) electrons. The van der Waals surface area contributed by atoms with Crippen molar-refractivity contribution in [1.29, 1.82) is 5.26 Å². The van der Waals surface area contributed by atoms with Gasteiger partial charge in [0.2, 0.25) is 0 Å². The van der Waals surface area contributed by atoms with Crippen molar-refractivity contribution in [2.45, 2.75) is 17.2 Å². The van der Waals surface area contributed by atoms with Gasteiger partial charge in [-0.15, -0.1) is 23.4 Å². The quantitative estimate of drug-likeness (QED) is 0.601. The first-order valence-electron chi connectivity index (χ1n) is 4.32. The van der Waals surface area contributed by atoms with Gasteiger partial charge < -0.3 is 0 Å². The van der Waals surface area contributed by atoms with Crippen LogP contribution in [-0.4, -0.2) is 12.0 Å². The highest BCUT2D eigenvalue weighted by atomic mass is 35.5. The summed E-state index contributed by atoms with van der Waals surface area (Å²) in [5.74, 6) is -0.148. The predicted molar refractivity (Wildman–Crippen MR) is 62.2 cm³/mol. The molecule has 78 valence electrons. The van der Waals surface area contributed by atoms with Crippen LogP contribution in [0.15, 0.2) is 23.1 Å². The lowest BCUT2D eigenvalue weighted by molar-refractivity contribution is -0.116. The van der Waals surface area contributed by atoms with Gasteiger partial charge in [0.25, 0.3) is 0 Å². The molecule has 1 aromatic carbocycles. The van der Waals surface area contributed by atoms with Gasteiger partial charge in [-0.1, -0.05) is 6.07 Å². The summed E-state index contributed by atoms with van der Waals surface area (Å²) in [6, 6.07) is 7.40. The number of nitriles is 1. The summed E-state index contributed by atoms with van der Waals surface area (Å²) >= 11 is 7.46. The number of rotatable bonds is 3. The van der Waals surface area contributed by atoms with Gasteiger partial charge in [-0.2, -0.15) is 5.26 Å². The van der Waals surface area contributed by atoms with Crippen molar-refractivity contribution in [3.63, 3.8) is 0 Å². The minimum Gasteiger partial charge on any atom is -0.298 e. The zero-order valence-electron chi connectivity index (χ0n) is 8.45. The number of thioether (sulfide) groups is 1. The van der Waals surface area contributed by atoms with Crippen molar-refractivity contribution in [2.75, 3.05) is 6.26 Å². The highest BCUT2D eigenvalue weighted by Gasteiger charge is 2.17. The summed E-state index contributed by atoms with van der Waals surface area (Å²) in [7, 11) is 0. The number of hydrogen-bond acceptors (Lipinski definition) is 3. The van der Waals surface area contributed by atoms with Crippen LogP contribution in [0.3, 0.4) is 0 Å². The molecule has 1 unspecified atom stereocenters. The fourth-order valence-electron chi connectivity index (χ4n) is 1.20. The number of ketones is 1. The topological polar surface area (TPSA) is 40.9 Å². The number of carbonyl (C=O) groups excluding carboxylic acids is 1. The lowest BCUT2D eigenvalue weighted by Crippen LogP contribution is -2.03. The van der Waals surface area contributed by atoms with Crippen molar-refractivity contribution in [3.05, 3.63) is 29.3 Å². The molecule has 4 heteroatoms. The second kappa shape index (κ2) is 5.20. The van der Waals surface area contributed by atoms with E-state index in [-0.39, 0.29) is 5.78 Å². The van der Waals surface area contributed by atoms with Crippen LogP contribution in [0.2, 0.25) is 0 Å². The average Bonchev–Trinajstić information content (AvgIpc) is 2.27. The van der Waals surface area contributed by atoms with Crippen molar-refractivity contribution < 1.29 is 4.79 Å². The van der Waals surface area contributed by atoms with Crippen molar-refractivity contribution in [3.8, 4) is 6.07 Å². The molecule has 0 heterocycles. The SMILES string of the molecule is CSc1ccc(C(Cl)C(C)=O)c(C#N)c1. The molecule has 0 saturated heterocycles. The predicted octanol–water partition coefficient (Wildman–Crippen LogP) is 3.15. The third-order valence-electron chi connectivity index (χ3n) is 2.01. The number of Topliss-reactive ketones (excluding diaryl/α,β-unsaturated/α-hetero) is 1. The summed E-state index contributed by atoms with van der Waals surface area (Å²) in [6.45, 7) is 1.42. The Kier molecular flexibility index (Phi) is 4.19. The van der Waals surface area contributed by atoms with Gasteiger partial charge in [0.15, 0.2) is 5.78 Å². The largest absolute Gasteiger partial charge is 0.298 e. The molecular formula is C11H10ClNOS. The third-order valence-corrected chi connectivity index (χ3v) is 3.28. The molecule has 15 heavy (non-hydrogen) atoms. The first-order valence-corrected chi connectivity index (χ1v) is 5.98. The number of carbonyl (C=O) groups is 1. The molecule has 0 fully saturated rings. The Hall–Kier alpha value is -0.980. The molecule has 0 spiro atoms. The van der Waals surface area contributed by atoms with Crippen molar-refractivity contribution in [1.82, 2.24) is 0 Å². The molecule has 2 nitrogen and oxygen atoms in total. The fraction of sp³-hybridized carbons (Fsp3) is 0.273. The maximum Gasteiger partial charge on any atom is 0.152 e. The van der Waals surface area contributed by atoms with E-state index in [0.29, 0.717) is 11.1 Å². The highest BCUT2D eigenvalue weighted by molar-refractivity contribution is 7.98. The van der Waals surface area contributed by atoms with Crippen LogP contribution < -0.4 is 0 Å². The molecule has 1 aromatic rings. The first kappa shape index (κ1) is 12.1. The third kappa shape index (κ3) is 2.74. The van der Waals surface area contributed by atoms with E-state index in [0.717, 1.165) is 4.90 Å². The summed E-state index contributed by atoms with van der Waals surface area (Å²) in [5, 5.41) is 8.21. The van der Waals surface area contributed by atoms with E-state index >= 15 is 0 Å². The van der Waals surface area contributed by atoms with Crippen LogP contribution in [-0.2, 0) is 4.79 Å². The second-order valence-electron chi connectivity index (χ2n) is 3.04. The molecule has 0 aliphatic heterocycles. The number of benzene rings is 1. The number of alkyl halides is 1. The standard InChI is InChI=1S/C11H10ClNOS/c1-7(14)11(12)10-4-3-9(15-2)5-8(10)6-13/h3-5,11H,1-2H3. The molecule has 0 N–H and O–H groups in total. The van der Waals surface area contributed by atoms with Crippen molar-refractivity contribution in [2.24, 2.45) is 0 Å². The van der Waals surface area contributed by atoms with Crippen LogP contribution in [0, 0.1) is 11.3 Å². The van der Waals surface area contributed by atoms with Gasteiger partial charge in [0.05, 0.1) is 11.6 Å².